The van der Waals surface area contributed by atoms with Crippen molar-refractivity contribution in [2.24, 2.45) is 0 Å². The molecule has 2 N–H and O–H groups in total. The molecule has 1 aromatic heterocycles. The highest BCUT2D eigenvalue weighted by Crippen LogP contribution is 2.39. The number of nitrogens with zero attached hydrogens (tertiary/aromatic N) is 1. The lowest BCUT2D eigenvalue weighted by Gasteiger charge is -2.11. The summed E-state index contributed by atoms with van der Waals surface area (Å²) in [7, 11) is 0. The molecule has 0 aliphatic heterocycles. The monoisotopic (exact) mass is 406 g/mol. The van der Waals surface area contributed by atoms with Crippen molar-refractivity contribution in [3.63, 3.8) is 0 Å². The summed E-state index contributed by atoms with van der Waals surface area (Å²) in [6.07, 6.45) is -4.85. The number of alkyl halides is 3. The van der Waals surface area contributed by atoms with E-state index in [0.29, 0.717) is 14.7 Å². The van der Waals surface area contributed by atoms with Gasteiger partial charge in [-0.1, -0.05) is 33.3 Å². The second-order valence-electron chi connectivity index (χ2n) is 4.54. The summed E-state index contributed by atoms with van der Waals surface area (Å²) in [5, 5.41) is 0.169. The van der Waals surface area contributed by atoms with Crippen molar-refractivity contribution in [3.8, 4) is 16.9 Å². The summed E-state index contributed by atoms with van der Waals surface area (Å²) in [6.45, 7) is 0. The van der Waals surface area contributed by atoms with Crippen LogP contribution in [0.25, 0.3) is 21.3 Å². The van der Waals surface area contributed by atoms with Gasteiger partial charge in [-0.15, -0.1) is 13.2 Å². The van der Waals surface area contributed by atoms with Crippen LogP contribution < -0.4 is 10.5 Å². The molecule has 0 aliphatic carbocycles. The maximum Gasteiger partial charge on any atom is 0.573 e. The minimum absolute atomic E-state index is 0.108. The molecule has 0 aliphatic rings. The third-order valence-corrected chi connectivity index (χ3v) is 4.26. The Morgan fingerprint density at radius 2 is 1.87 bits per heavy atom. The summed E-state index contributed by atoms with van der Waals surface area (Å²) in [5.74, 6) is -1.05. The number of fused-ring (bicyclic) bond motifs is 1. The van der Waals surface area contributed by atoms with Crippen molar-refractivity contribution in [2.75, 3.05) is 5.73 Å². The number of anilines is 1. The van der Waals surface area contributed by atoms with E-state index in [2.05, 4.69) is 25.7 Å². The first kappa shape index (κ1) is 16.0. The zero-order valence-corrected chi connectivity index (χ0v) is 13.5. The molecule has 0 fully saturated rings. The molecule has 0 bridgehead atoms. The Kier molecular flexibility index (Phi) is 3.93. The van der Waals surface area contributed by atoms with E-state index in [4.69, 9.17) is 5.73 Å². The van der Waals surface area contributed by atoms with Gasteiger partial charge in [-0.2, -0.15) is 0 Å². The molecule has 0 spiro atoms. The highest BCUT2D eigenvalue weighted by molar-refractivity contribution is 9.10. The molecule has 3 rings (SSSR count). The number of nitrogens with two attached hydrogens (primary N) is 1. The molecule has 2 aromatic carbocycles. The van der Waals surface area contributed by atoms with E-state index in [9.17, 15) is 17.6 Å². The van der Waals surface area contributed by atoms with Crippen molar-refractivity contribution >= 4 is 42.6 Å². The van der Waals surface area contributed by atoms with Gasteiger partial charge in [0.1, 0.15) is 11.6 Å². The second kappa shape index (κ2) is 5.64. The number of halogens is 5. The number of ether oxygens (including phenoxy) is 1. The predicted octanol–water partition coefficient (Wildman–Crippen LogP) is 5.35. The molecule has 0 saturated heterocycles. The number of thiazole rings is 1. The van der Waals surface area contributed by atoms with Crippen LogP contribution in [0.2, 0.25) is 0 Å². The van der Waals surface area contributed by atoms with Gasteiger partial charge in [0.25, 0.3) is 0 Å². The lowest BCUT2D eigenvalue weighted by atomic mass is 10.0. The van der Waals surface area contributed by atoms with Crippen LogP contribution >= 0.6 is 27.3 Å². The molecule has 0 amide bonds. The van der Waals surface area contributed by atoms with E-state index in [0.717, 1.165) is 17.4 Å². The van der Waals surface area contributed by atoms with Crippen LogP contribution in [-0.4, -0.2) is 11.3 Å². The Bertz CT molecular complexity index is 894. The topological polar surface area (TPSA) is 48.1 Å². The van der Waals surface area contributed by atoms with Gasteiger partial charge in [-0.05, 0) is 18.2 Å². The molecule has 120 valence electrons. The molecule has 3 nitrogen and oxygen atoms in total. The Balaban J connectivity index is 2.24. The van der Waals surface area contributed by atoms with Crippen LogP contribution in [0.5, 0.6) is 5.75 Å². The fourth-order valence-electron chi connectivity index (χ4n) is 2.13. The quantitative estimate of drug-likeness (QED) is 0.583. The normalized spacial score (nSPS) is 11.9. The molecule has 0 unspecified atom stereocenters. The number of aromatic nitrogens is 1. The standard InChI is InChI=1S/C14H7BrF4N2OS/c15-6-1-2-8(10(16)3-6)9-4-7(22-14(17,18)19)5-11-12(9)21-13(20)23-11/h1-5H,(H2,20,21). The number of benzene rings is 2. The van der Waals surface area contributed by atoms with Gasteiger partial charge in [-0.25, -0.2) is 9.37 Å². The molecule has 0 saturated carbocycles. The SMILES string of the molecule is Nc1nc2c(-c3ccc(Br)cc3F)cc(OC(F)(F)F)cc2s1. The fraction of sp³-hybridized carbons (Fsp3) is 0.0714. The van der Waals surface area contributed by atoms with Crippen LogP contribution in [0.4, 0.5) is 22.7 Å². The maximum absolute atomic E-state index is 14.2. The minimum atomic E-state index is -4.85. The fourth-order valence-corrected chi connectivity index (χ4v) is 3.25. The van der Waals surface area contributed by atoms with Crippen LogP contribution in [-0.2, 0) is 0 Å². The molecule has 9 heteroatoms. The Labute approximate surface area is 139 Å². The number of hydrogen-bond acceptors (Lipinski definition) is 4. The Hall–Kier alpha value is -1.87. The molecule has 1 heterocycles. The van der Waals surface area contributed by atoms with E-state index >= 15 is 0 Å². The minimum Gasteiger partial charge on any atom is -0.406 e. The zero-order valence-electron chi connectivity index (χ0n) is 11.1. The summed E-state index contributed by atoms with van der Waals surface area (Å²) in [5.41, 5.74) is 6.23. The van der Waals surface area contributed by atoms with Crippen LogP contribution in [0.1, 0.15) is 0 Å². The summed E-state index contributed by atoms with van der Waals surface area (Å²) >= 11 is 4.13. The van der Waals surface area contributed by atoms with Gasteiger partial charge in [0.15, 0.2) is 5.13 Å². The number of rotatable bonds is 2. The first-order valence-corrected chi connectivity index (χ1v) is 7.75. The van der Waals surface area contributed by atoms with Crippen molar-refractivity contribution < 1.29 is 22.3 Å². The average molecular weight is 407 g/mol. The molecular weight excluding hydrogens is 400 g/mol. The smallest absolute Gasteiger partial charge is 0.406 e. The van der Waals surface area contributed by atoms with Crippen molar-refractivity contribution in [3.05, 3.63) is 40.6 Å². The average Bonchev–Trinajstić information content (AvgIpc) is 2.76. The van der Waals surface area contributed by atoms with E-state index in [1.165, 1.54) is 18.2 Å². The lowest BCUT2D eigenvalue weighted by molar-refractivity contribution is -0.274. The molecule has 3 aromatic rings. The van der Waals surface area contributed by atoms with Crippen molar-refractivity contribution in [1.29, 1.82) is 0 Å². The number of nitrogen functional groups attached to an aromatic ring is 1. The van der Waals surface area contributed by atoms with Crippen molar-refractivity contribution in [2.45, 2.75) is 6.36 Å². The van der Waals surface area contributed by atoms with E-state index < -0.39 is 17.9 Å². The largest absolute Gasteiger partial charge is 0.573 e. The van der Waals surface area contributed by atoms with Crippen LogP contribution in [0.3, 0.4) is 0 Å². The zero-order chi connectivity index (χ0) is 16.8. The van der Waals surface area contributed by atoms with Crippen LogP contribution in [0, 0.1) is 5.82 Å². The molecular formula is C14H7BrF4N2OS. The highest BCUT2D eigenvalue weighted by atomic mass is 79.9. The van der Waals surface area contributed by atoms with Gasteiger partial charge in [0.2, 0.25) is 0 Å². The summed E-state index contributed by atoms with van der Waals surface area (Å²) < 4.78 is 56.4. The second-order valence-corrected chi connectivity index (χ2v) is 6.52. The predicted molar refractivity (Wildman–Crippen MR) is 83.8 cm³/mol. The van der Waals surface area contributed by atoms with Gasteiger partial charge in [0, 0.05) is 21.7 Å². The molecule has 0 radical (unpaired) electrons. The lowest BCUT2D eigenvalue weighted by Crippen LogP contribution is -2.17. The van der Waals surface area contributed by atoms with Crippen LogP contribution in [0.15, 0.2) is 34.8 Å². The molecule has 0 atom stereocenters. The Morgan fingerprint density at radius 1 is 1.13 bits per heavy atom. The van der Waals surface area contributed by atoms with E-state index in [-0.39, 0.29) is 16.3 Å². The number of hydrogen-bond donors (Lipinski definition) is 1. The van der Waals surface area contributed by atoms with E-state index in [1.807, 2.05) is 0 Å². The van der Waals surface area contributed by atoms with E-state index in [1.54, 1.807) is 6.07 Å². The van der Waals surface area contributed by atoms with Crippen molar-refractivity contribution in [1.82, 2.24) is 4.98 Å². The third-order valence-electron chi connectivity index (χ3n) is 2.94. The highest BCUT2D eigenvalue weighted by Gasteiger charge is 2.31. The first-order chi connectivity index (χ1) is 10.7. The third kappa shape index (κ3) is 3.40. The van der Waals surface area contributed by atoms with Gasteiger partial charge < -0.3 is 10.5 Å². The van der Waals surface area contributed by atoms with Gasteiger partial charge >= 0.3 is 6.36 Å². The summed E-state index contributed by atoms with van der Waals surface area (Å²) in [6, 6.07) is 6.52. The van der Waals surface area contributed by atoms with Gasteiger partial charge in [0.05, 0.1) is 10.2 Å². The molecule has 23 heavy (non-hydrogen) atoms. The summed E-state index contributed by atoms with van der Waals surface area (Å²) in [4.78, 5) is 4.07. The first-order valence-electron chi connectivity index (χ1n) is 6.14. The maximum atomic E-state index is 14.2. The van der Waals surface area contributed by atoms with Gasteiger partial charge in [-0.3, -0.25) is 0 Å². The Morgan fingerprint density at radius 3 is 2.52 bits per heavy atom.